The minimum absolute atomic E-state index is 0.304. The van der Waals surface area contributed by atoms with Crippen LogP contribution in [0, 0.1) is 0 Å². The maximum absolute atomic E-state index is 10.9. The lowest BCUT2D eigenvalue weighted by Crippen LogP contribution is -2.34. The van der Waals surface area contributed by atoms with Crippen LogP contribution in [0.15, 0.2) is 0 Å². The summed E-state index contributed by atoms with van der Waals surface area (Å²) in [5, 5.41) is 5.25. The van der Waals surface area contributed by atoms with E-state index in [4.69, 9.17) is 4.74 Å². The monoisotopic (exact) mass is 318 g/mol. The van der Waals surface area contributed by atoms with Crippen LogP contribution in [0.3, 0.4) is 0 Å². The highest BCUT2D eigenvalue weighted by Crippen LogP contribution is 2.01. The molecule has 0 rings (SSSR count). The summed E-state index contributed by atoms with van der Waals surface area (Å²) < 4.78 is 4.73. The molecule has 0 saturated heterocycles. The lowest BCUT2D eigenvalue weighted by Gasteiger charge is -2.13. The van der Waals surface area contributed by atoms with Crippen LogP contribution < -0.4 is 10.6 Å². The number of carbonyl (C=O) groups is 1. The van der Waals surface area contributed by atoms with Crippen molar-refractivity contribution in [3.05, 3.63) is 0 Å². The molecule has 2 N–H and O–H groups in total. The molecule has 104 valence electrons. The first-order chi connectivity index (χ1) is 8.01. The van der Waals surface area contributed by atoms with Gasteiger partial charge in [0.15, 0.2) is 5.44 Å². The van der Waals surface area contributed by atoms with E-state index in [9.17, 15) is 4.79 Å². The van der Waals surface area contributed by atoms with Gasteiger partial charge in [-0.05, 0) is 13.1 Å². The maximum atomic E-state index is 10.9. The molecule has 8 heteroatoms. The minimum Gasteiger partial charge on any atom is -0.435 e. The molecule has 0 aromatic carbocycles. The van der Waals surface area contributed by atoms with Crippen LogP contribution in [-0.2, 0) is 4.74 Å². The van der Waals surface area contributed by atoms with Crippen LogP contribution in [-0.4, -0.2) is 41.5 Å². The fourth-order valence-electron chi connectivity index (χ4n) is 0.627. The molecule has 0 fully saturated rings. The van der Waals surface area contributed by atoms with Gasteiger partial charge in [-0.1, -0.05) is 13.8 Å². The summed E-state index contributed by atoms with van der Waals surface area (Å²) in [5.74, 6) is 0.810. The Hall–Kier alpha value is 0.630. The van der Waals surface area contributed by atoms with Crippen molar-refractivity contribution in [2.24, 2.45) is 0 Å². The van der Waals surface area contributed by atoms with Gasteiger partial charge in [-0.3, -0.25) is 0 Å². The third kappa shape index (κ3) is 16.6. The zero-order valence-corrected chi connectivity index (χ0v) is 13.7. The summed E-state index contributed by atoms with van der Waals surface area (Å²) in [6.07, 6.45) is -0.557. The average Bonchev–Trinajstić information content (AvgIpc) is 2.30. The fourth-order valence-corrected chi connectivity index (χ4v) is 0.993. The molecule has 4 nitrogen and oxygen atoms in total. The number of ether oxygens (including phenoxy) is 1. The van der Waals surface area contributed by atoms with Crippen LogP contribution in [0.25, 0.3) is 0 Å². The van der Waals surface area contributed by atoms with Gasteiger partial charge in [0.2, 0.25) is 0 Å². The number of carbonyl (C=O) groups excluding carboxylic acids is 1. The van der Waals surface area contributed by atoms with Gasteiger partial charge < -0.3 is 15.4 Å². The molecule has 0 bridgehead atoms. The van der Waals surface area contributed by atoms with E-state index in [0.717, 1.165) is 13.1 Å². The summed E-state index contributed by atoms with van der Waals surface area (Å²) in [7, 11) is 0. The molecular formula is C9H22N2O2S4. The standard InChI is InChI=1S/C5H11NO2S4.C4H11N/c7-5(6-3(11)1-9)8-4(12)2-10;1-3-5-4-2/h3-4,9-12H,1-2H2,(H,6,7);5H,3-4H2,1-2H3. The van der Waals surface area contributed by atoms with Gasteiger partial charge in [0.1, 0.15) is 0 Å². The Bertz CT molecular complexity index is 170. The van der Waals surface area contributed by atoms with Gasteiger partial charge >= 0.3 is 6.09 Å². The maximum Gasteiger partial charge on any atom is 0.409 e. The molecule has 0 aromatic heterocycles. The lowest BCUT2D eigenvalue weighted by molar-refractivity contribution is 0.143. The quantitative estimate of drug-likeness (QED) is 0.334. The van der Waals surface area contributed by atoms with Gasteiger partial charge in [0, 0.05) is 11.5 Å². The normalized spacial score (nSPS) is 13.1. The Kier molecular flexibility index (Phi) is 17.2. The first-order valence-corrected chi connectivity index (χ1v) is 7.57. The van der Waals surface area contributed by atoms with Crippen LogP contribution in [0.2, 0.25) is 0 Å². The highest BCUT2D eigenvalue weighted by molar-refractivity contribution is 7.85. The fraction of sp³-hybridized carbons (Fsp3) is 0.889. The Morgan fingerprint density at radius 1 is 1.18 bits per heavy atom. The topological polar surface area (TPSA) is 50.4 Å². The van der Waals surface area contributed by atoms with Gasteiger partial charge in [-0.15, -0.1) is 12.6 Å². The van der Waals surface area contributed by atoms with Crippen molar-refractivity contribution >= 4 is 56.6 Å². The summed E-state index contributed by atoms with van der Waals surface area (Å²) in [4.78, 5) is 10.9. The third-order valence-electron chi connectivity index (χ3n) is 1.36. The summed E-state index contributed by atoms with van der Waals surface area (Å²) in [6, 6.07) is 0. The van der Waals surface area contributed by atoms with Crippen molar-refractivity contribution in [1.29, 1.82) is 0 Å². The SMILES string of the molecule is CCNCC.O=C(NC(S)CS)OC(S)CS. The molecule has 0 radical (unpaired) electrons. The van der Waals surface area contributed by atoms with E-state index in [0.29, 0.717) is 11.5 Å². The molecule has 0 aliphatic rings. The smallest absolute Gasteiger partial charge is 0.409 e. The first kappa shape index (κ1) is 20.0. The molecule has 0 spiro atoms. The molecule has 1 amide bonds. The van der Waals surface area contributed by atoms with Gasteiger partial charge in [0.05, 0.1) is 5.37 Å². The number of alkyl carbamates (subject to hydrolysis) is 1. The molecule has 0 aliphatic heterocycles. The van der Waals surface area contributed by atoms with E-state index in [-0.39, 0.29) is 5.37 Å². The highest BCUT2D eigenvalue weighted by atomic mass is 32.1. The molecule has 0 aromatic rings. The number of thiol groups is 4. The zero-order valence-electron chi connectivity index (χ0n) is 10.1. The van der Waals surface area contributed by atoms with Crippen LogP contribution in [0.5, 0.6) is 0 Å². The average molecular weight is 319 g/mol. The second kappa shape index (κ2) is 14.7. The van der Waals surface area contributed by atoms with E-state index >= 15 is 0 Å². The number of rotatable bonds is 6. The summed E-state index contributed by atoms with van der Waals surface area (Å²) in [5.41, 5.74) is -0.492. The second-order valence-electron chi connectivity index (χ2n) is 2.84. The van der Waals surface area contributed by atoms with E-state index < -0.39 is 11.5 Å². The Morgan fingerprint density at radius 3 is 2.00 bits per heavy atom. The number of nitrogens with one attached hydrogen (secondary N) is 2. The summed E-state index contributed by atoms with van der Waals surface area (Å²) in [6.45, 7) is 6.39. The lowest BCUT2D eigenvalue weighted by atomic mass is 10.7. The van der Waals surface area contributed by atoms with Gasteiger partial charge in [0.25, 0.3) is 0 Å². The minimum atomic E-state index is -0.557. The molecule has 2 atom stereocenters. The molecule has 0 heterocycles. The number of hydrogen-bond acceptors (Lipinski definition) is 7. The van der Waals surface area contributed by atoms with Crippen molar-refractivity contribution in [1.82, 2.24) is 10.6 Å². The van der Waals surface area contributed by atoms with Gasteiger partial charge in [-0.2, -0.15) is 37.9 Å². The second-order valence-corrected chi connectivity index (χ2v) is 4.77. The molecular weight excluding hydrogens is 296 g/mol. The number of hydrogen-bond donors (Lipinski definition) is 6. The molecule has 0 aliphatic carbocycles. The summed E-state index contributed by atoms with van der Waals surface area (Å²) >= 11 is 15.7. The van der Waals surface area contributed by atoms with Crippen molar-refractivity contribution in [3.63, 3.8) is 0 Å². The van der Waals surface area contributed by atoms with E-state index in [1.807, 2.05) is 0 Å². The van der Waals surface area contributed by atoms with E-state index in [2.05, 4.69) is 75.0 Å². The van der Waals surface area contributed by atoms with Crippen molar-refractivity contribution in [2.45, 2.75) is 24.7 Å². The Labute approximate surface area is 126 Å². The van der Waals surface area contributed by atoms with Crippen molar-refractivity contribution < 1.29 is 9.53 Å². The Balaban J connectivity index is 0. The zero-order chi connectivity index (χ0) is 13.7. The number of amides is 1. The third-order valence-corrected chi connectivity index (χ3v) is 3.23. The molecule has 0 saturated carbocycles. The van der Waals surface area contributed by atoms with Crippen molar-refractivity contribution in [3.8, 4) is 0 Å². The van der Waals surface area contributed by atoms with Crippen LogP contribution in [0.1, 0.15) is 13.8 Å². The van der Waals surface area contributed by atoms with Crippen molar-refractivity contribution in [2.75, 3.05) is 24.6 Å². The van der Waals surface area contributed by atoms with Crippen LogP contribution in [0.4, 0.5) is 4.79 Å². The predicted octanol–water partition coefficient (Wildman–Crippen LogP) is 1.70. The highest BCUT2D eigenvalue weighted by Gasteiger charge is 2.10. The van der Waals surface area contributed by atoms with E-state index in [1.54, 1.807) is 0 Å². The first-order valence-electron chi connectivity index (χ1n) is 5.27. The predicted molar refractivity (Wildman–Crippen MR) is 87.1 cm³/mol. The molecule has 2 unspecified atom stereocenters. The van der Waals surface area contributed by atoms with E-state index in [1.165, 1.54) is 0 Å². The van der Waals surface area contributed by atoms with Gasteiger partial charge in [-0.25, -0.2) is 4.79 Å². The molecule has 17 heavy (non-hydrogen) atoms. The van der Waals surface area contributed by atoms with Crippen LogP contribution >= 0.6 is 50.5 Å². The Morgan fingerprint density at radius 2 is 1.71 bits per heavy atom. The largest absolute Gasteiger partial charge is 0.435 e.